The Kier molecular flexibility index (Phi) is 6.36. The van der Waals surface area contributed by atoms with E-state index in [9.17, 15) is 61.5 Å². The van der Waals surface area contributed by atoms with Crippen molar-refractivity contribution in [2.24, 2.45) is 0 Å². The second kappa shape index (κ2) is 7.25. The number of benzene rings is 1. The van der Waals surface area contributed by atoms with Gasteiger partial charge in [0.2, 0.25) is 0 Å². The standard InChI is InChI=1S/C12H5F14P/c13-4-1-5(27(2-9(16,17)18)3-10(19,20)21)8(15)6(7(4)14)11(22,23)12(24,25)26/h1H,2-3H2. The summed E-state index contributed by atoms with van der Waals surface area (Å²) in [6.07, 6.45) is -22.5. The van der Waals surface area contributed by atoms with Gasteiger partial charge in [-0.15, -0.1) is 0 Å². The van der Waals surface area contributed by atoms with Crippen molar-refractivity contribution in [3.05, 3.63) is 29.1 Å². The first-order valence-corrected chi connectivity index (χ1v) is 8.00. The number of alkyl halides is 11. The molecule has 0 unspecified atom stereocenters. The average molecular weight is 446 g/mol. The van der Waals surface area contributed by atoms with E-state index in [4.69, 9.17) is 0 Å². The summed E-state index contributed by atoms with van der Waals surface area (Å²) in [6.45, 7) is 0. The minimum Gasteiger partial charge on any atom is -0.206 e. The van der Waals surface area contributed by atoms with Crippen molar-refractivity contribution < 1.29 is 61.5 Å². The Morgan fingerprint density at radius 1 is 0.667 bits per heavy atom. The minimum absolute atomic E-state index is 0.580. The second-order valence-electron chi connectivity index (χ2n) is 5.04. The van der Waals surface area contributed by atoms with E-state index in [1.807, 2.05) is 0 Å². The number of hydrogen-bond donors (Lipinski definition) is 0. The van der Waals surface area contributed by atoms with Crippen LogP contribution in [0.15, 0.2) is 6.07 Å². The molecule has 156 valence electrons. The van der Waals surface area contributed by atoms with E-state index in [1.165, 1.54) is 0 Å². The van der Waals surface area contributed by atoms with Gasteiger partial charge in [0.25, 0.3) is 0 Å². The number of halogens is 14. The first kappa shape index (κ1) is 23.7. The Morgan fingerprint density at radius 2 is 1.07 bits per heavy atom. The molecule has 0 aliphatic carbocycles. The molecule has 0 fully saturated rings. The second-order valence-corrected chi connectivity index (χ2v) is 7.23. The summed E-state index contributed by atoms with van der Waals surface area (Å²) in [4.78, 5) is 0. The van der Waals surface area contributed by atoms with E-state index in [0.29, 0.717) is 0 Å². The van der Waals surface area contributed by atoms with Crippen molar-refractivity contribution in [2.45, 2.75) is 24.5 Å². The molecule has 1 rings (SSSR count). The molecule has 0 nitrogen and oxygen atoms in total. The maximum Gasteiger partial charge on any atom is 0.458 e. The Bertz CT molecular complexity index is 667. The lowest BCUT2D eigenvalue weighted by molar-refractivity contribution is -0.291. The van der Waals surface area contributed by atoms with Crippen molar-refractivity contribution in [1.82, 2.24) is 0 Å². The van der Waals surface area contributed by atoms with Gasteiger partial charge in [0.15, 0.2) is 11.6 Å². The molecule has 0 aromatic heterocycles. The van der Waals surface area contributed by atoms with Crippen LogP contribution in [0.3, 0.4) is 0 Å². The monoisotopic (exact) mass is 446 g/mol. The van der Waals surface area contributed by atoms with Gasteiger partial charge in [-0.1, -0.05) is 7.92 Å². The topological polar surface area (TPSA) is 0 Å². The summed E-state index contributed by atoms with van der Waals surface area (Å²) >= 11 is 0. The van der Waals surface area contributed by atoms with Crippen LogP contribution < -0.4 is 5.30 Å². The first-order valence-electron chi connectivity index (χ1n) is 6.29. The van der Waals surface area contributed by atoms with E-state index in [-0.39, 0.29) is 0 Å². The van der Waals surface area contributed by atoms with Crippen molar-refractivity contribution in [3.8, 4) is 0 Å². The lowest BCUT2D eigenvalue weighted by Gasteiger charge is -2.26. The van der Waals surface area contributed by atoms with Crippen LogP contribution in [0, 0.1) is 17.5 Å². The fraction of sp³-hybridized carbons (Fsp3) is 0.500. The van der Waals surface area contributed by atoms with E-state index in [1.54, 1.807) is 0 Å². The average Bonchev–Trinajstić information content (AvgIpc) is 2.37. The van der Waals surface area contributed by atoms with Gasteiger partial charge in [-0.25, -0.2) is 13.2 Å². The Labute approximate surface area is 141 Å². The summed E-state index contributed by atoms with van der Waals surface area (Å²) in [6, 6.07) is -0.580. The molecule has 0 amide bonds. The van der Waals surface area contributed by atoms with Crippen LogP contribution in [-0.4, -0.2) is 30.9 Å². The number of hydrogen-bond acceptors (Lipinski definition) is 0. The summed E-state index contributed by atoms with van der Waals surface area (Å²) in [5.74, 6) is -15.2. The van der Waals surface area contributed by atoms with E-state index < -0.39 is 79.1 Å². The summed E-state index contributed by atoms with van der Waals surface area (Å²) in [5.41, 5.74) is -3.30. The zero-order valence-electron chi connectivity index (χ0n) is 12.2. The molecule has 27 heavy (non-hydrogen) atoms. The lowest BCUT2D eigenvalue weighted by atomic mass is 10.1. The van der Waals surface area contributed by atoms with Crippen molar-refractivity contribution in [1.29, 1.82) is 0 Å². The molecule has 0 aliphatic rings. The van der Waals surface area contributed by atoms with Crippen molar-refractivity contribution >= 4 is 13.2 Å². The molecule has 0 radical (unpaired) electrons. The highest BCUT2D eigenvalue weighted by Crippen LogP contribution is 2.50. The maximum atomic E-state index is 14.0. The molecule has 0 N–H and O–H groups in total. The highest BCUT2D eigenvalue weighted by Gasteiger charge is 2.62. The van der Waals surface area contributed by atoms with Crippen LogP contribution in [0.4, 0.5) is 61.5 Å². The van der Waals surface area contributed by atoms with Crippen LogP contribution in [-0.2, 0) is 5.92 Å². The Morgan fingerprint density at radius 3 is 1.41 bits per heavy atom. The predicted octanol–water partition coefficient (Wildman–Crippen LogP) is 5.99. The summed E-state index contributed by atoms with van der Waals surface area (Å²) in [5, 5.41) is -2.04. The molecular weight excluding hydrogens is 441 g/mol. The first-order chi connectivity index (χ1) is 11.8. The van der Waals surface area contributed by atoms with Gasteiger partial charge >= 0.3 is 24.5 Å². The molecule has 0 aliphatic heterocycles. The molecule has 1 aromatic rings. The lowest BCUT2D eigenvalue weighted by Crippen LogP contribution is -2.38. The van der Waals surface area contributed by atoms with Gasteiger partial charge in [0.1, 0.15) is 11.4 Å². The third-order valence-corrected chi connectivity index (χ3v) is 5.38. The molecular formula is C12H5F14P. The summed E-state index contributed by atoms with van der Waals surface area (Å²) < 4.78 is 179. The molecule has 15 heteroatoms. The molecule has 0 spiro atoms. The van der Waals surface area contributed by atoms with Crippen LogP contribution in [0.1, 0.15) is 5.56 Å². The van der Waals surface area contributed by atoms with Gasteiger partial charge in [0.05, 0.1) is 12.3 Å². The molecule has 0 saturated carbocycles. The summed E-state index contributed by atoms with van der Waals surface area (Å²) in [7, 11) is -3.91. The molecule has 0 saturated heterocycles. The van der Waals surface area contributed by atoms with E-state index in [0.717, 1.165) is 0 Å². The van der Waals surface area contributed by atoms with Gasteiger partial charge in [-0.05, 0) is 6.07 Å². The molecule has 1 aromatic carbocycles. The third kappa shape index (κ3) is 5.58. The zero-order chi connectivity index (χ0) is 21.6. The largest absolute Gasteiger partial charge is 0.458 e. The van der Waals surface area contributed by atoms with Crippen LogP contribution in [0.2, 0.25) is 0 Å². The van der Waals surface area contributed by atoms with Gasteiger partial charge in [-0.2, -0.15) is 48.3 Å². The van der Waals surface area contributed by atoms with Crippen LogP contribution in [0.25, 0.3) is 0 Å². The van der Waals surface area contributed by atoms with Crippen molar-refractivity contribution in [3.63, 3.8) is 0 Å². The van der Waals surface area contributed by atoms with E-state index >= 15 is 0 Å². The SMILES string of the molecule is Fc1cc(P(CC(F)(F)F)CC(F)(F)F)c(F)c(C(F)(F)C(F)(F)F)c1F. The smallest absolute Gasteiger partial charge is 0.206 e. The third-order valence-electron chi connectivity index (χ3n) is 2.89. The Balaban J connectivity index is 3.72. The fourth-order valence-electron chi connectivity index (χ4n) is 1.90. The molecule has 0 heterocycles. The van der Waals surface area contributed by atoms with Gasteiger partial charge in [-0.3, -0.25) is 0 Å². The normalized spacial score (nSPS) is 14.2. The predicted molar refractivity (Wildman–Crippen MR) is 64.7 cm³/mol. The zero-order valence-corrected chi connectivity index (χ0v) is 13.1. The Hall–Kier alpha value is -1.33. The van der Waals surface area contributed by atoms with Crippen molar-refractivity contribution in [2.75, 3.05) is 12.3 Å². The highest BCUT2D eigenvalue weighted by molar-refractivity contribution is 7.65. The van der Waals surface area contributed by atoms with Crippen LogP contribution in [0.5, 0.6) is 0 Å². The highest BCUT2D eigenvalue weighted by atomic mass is 31.1. The molecule has 0 atom stereocenters. The quantitative estimate of drug-likeness (QED) is 0.303. The minimum atomic E-state index is -6.70. The molecule has 0 bridgehead atoms. The van der Waals surface area contributed by atoms with Gasteiger partial charge in [0, 0.05) is 5.30 Å². The fourth-order valence-corrected chi connectivity index (χ4v) is 3.90. The maximum absolute atomic E-state index is 14.0. The van der Waals surface area contributed by atoms with Crippen LogP contribution >= 0.6 is 7.92 Å². The van der Waals surface area contributed by atoms with E-state index in [2.05, 4.69) is 0 Å². The van der Waals surface area contributed by atoms with Gasteiger partial charge < -0.3 is 0 Å². The number of rotatable bonds is 4.